The third-order valence-electron chi connectivity index (χ3n) is 3.49. The molecular weight excluding hydrogens is 404 g/mol. The van der Waals surface area contributed by atoms with Gasteiger partial charge in [-0.1, -0.05) is 26.1 Å². The minimum Gasteiger partial charge on any atom is -0.354 e. The summed E-state index contributed by atoms with van der Waals surface area (Å²) in [4.78, 5) is 6.62. The summed E-state index contributed by atoms with van der Waals surface area (Å²) in [5.41, 5.74) is 6.92. The van der Waals surface area contributed by atoms with Gasteiger partial charge in [-0.2, -0.15) is 23.8 Å². The van der Waals surface area contributed by atoms with Gasteiger partial charge in [-0.15, -0.1) is 5.56 Å². The molecule has 0 unspecified atom stereocenters. The number of aryl methyl sites for hydroxylation is 2. The molecule has 0 atom stereocenters. The molecule has 0 aromatic heterocycles. The Hall–Kier alpha value is -1.14. The Morgan fingerprint density at radius 1 is 1.16 bits per heavy atom. The molecule has 2 nitrogen and oxygen atoms in total. The smallest absolute Gasteiger partial charge is 0.354 e. The van der Waals surface area contributed by atoms with Crippen molar-refractivity contribution in [2.75, 3.05) is 4.90 Å². The van der Waals surface area contributed by atoms with E-state index in [9.17, 15) is 0 Å². The molecule has 0 N–H and O–H groups in total. The number of nitrogens with zero attached hydrogens (tertiary/aromatic N) is 2. The van der Waals surface area contributed by atoms with Gasteiger partial charge in [-0.25, -0.2) is 4.99 Å². The average molecular weight is 423 g/mol. The molecule has 2 rings (SSSR count). The van der Waals surface area contributed by atoms with Crippen LogP contribution >= 0.6 is 0 Å². The maximum atomic E-state index is 4.51. The number of rotatable bonds is 1. The van der Waals surface area contributed by atoms with Crippen LogP contribution in [0.25, 0.3) is 0 Å². The Morgan fingerprint density at radius 2 is 1.79 bits per heavy atom. The molecule has 0 aliphatic carbocycles. The van der Waals surface area contributed by atoms with Crippen LogP contribution in [0.15, 0.2) is 40.8 Å². The molecule has 0 saturated heterocycles. The molecule has 0 bridgehead atoms. The van der Waals surface area contributed by atoms with Crippen LogP contribution in [-0.4, -0.2) is 5.71 Å². The third kappa shape index (κ3) is 2.89. The number of benzene rings is 1. The Labute approximate surface area is 130 Å². The Kier molecular flexibility index (Phi) is 4.92. The largest absolute Gasteiger partial charge is 2.00 e. The van der Waals surface area contributed by atoms with E-state index in [1.807, 2.05) is 13.0 Å². The van der Waals surface area contributed by atoms with E-state index in [1.54, 1.807) is 0 Å². The minimum atomic E-state index is 0. The molecule has 1 aliphatic heterocycles. The molecule has 19 heavy (non-hydrogen) atoms. The number of aliphatic imine (C=N–C) groups is 1. The van der Waals surface area contributed by atoms with Gasteiger partial charge in [0.15, 0.2) is 0 Å². The third-order valence-corrected chi connectivity index (χ3v) is 3.49. The molecule has 1 aromatic rings. The second kappa shape index (κ2) is 5.88. The van der Waals surface area contributed by atoms with Crippen LogP contribution in [0.2, 0.25) is 0 Å². The average Bonchev–Trinajstić information content (AvgIpc) is 2.29. The molecule has 98 valence electrons. The maximum Gasteiger partial charge on any atom is 2.00 e. The summed E-state index contributed by atoms with van der Waals surface area (Å²) < 4.78 is 0. The summed E-state index contributed by atoms with van der Waals surface area (Å²) in [6, 6.07) is 7.40. The van der Waals surface area contributed by atoms with Crippen molar-refractivity contribution >= 4 is 11.4 Å². The molecule has 1 aromatic carbocycles. The summed E-state index contributed by atoms with van der Waals surface area (Å²) in [6.07, 6.45) is 0. The molecule has 0 spiro atoms. The van der Waals surface area contributed by atoms with Gasteiger partial charge in [-0.3, -0.25) is 0 Å². The van der Waals surface area contributed by atoms with Crippen molar-refractivity contribution < 1.29 is 21.1 Å². The first kappa shape index (κ1) is 15.9. The fourth-order valence-corrected chi connectivity index (χ4v) is 2.25. The molecule has 0 amide bonds. The van der Waals surface area contributed by atoms with E-state index in [2.05, 4.69) is 56.3 Å². The summed E-state index contributed by atoms with van der Waals surface area (Å²) in [6.45, 7) is 14.5. The molecule has 0 radical (unpaired) electrons. The van der Waals surface area contributed by atoms with E-state index in [-0.39, 0.29) is 21.1 Å². The number of hydrogen-bond donors (Lipinski definition) is 0. The van der Waals surface area contributed by atoms with E-state index in [0.717, 1.165) is 22.8 Å². The zero-order chi connectivity index (χ0) is 13.4. The van der Waals surface area contributed by atoms with Crippen LogP contribution in [0.4, 0.5) is 5.69 Å². The van der Waals surface area contributed by atoms with E-state index >= 15 is 0 Å². The SMILES string of the molecule is C=C1N=C(C)C(C)=C(C)N1c1c[c-]c(C)cc1C.[W+2]. The van der Waals surface area contributed by atoms with Crippen LogP contribution in [0.5, 0.6) is 0 Å². The summed E-state index contributed by atoms with van der Waals surface area (Å²) in [5.74, 6) is 0.774. The van der Waals surface area contributed by atoms with Crippen LogP contribution in [-0.2, 0) is 21.1 Å². The first-order valence-corrected chi connectivity index (χ1v) is 6.13. The topological polar surface area (TPSA) is 15.6 Å². The number of hydrogen-bond acceptors (Lipinski definition) is 2. The second-order valence-electron chi connectivity index (χ2n) is 4.84. The predicted octanol–water partition coefficient (Wildman–Crippen LogP) is 4.15. The van der Waals surface area contributed by atoms with E-state index in [0.29, 0.717) is 0 Å². The molecule has 3 heteroatoms. The minimum absolute atomic E-state index is 0. The molecular formula is C16H19N2W+. The van der Waals surface area contributed by atoms with Gasteiger partial charge in [-0.05, 0) is 26.3 Å². The van der Waals surface area contributed by atoms with Crippen LogP contribution in [0.3, 0.4) is 0 Å². The van der Waals surface area contributed by atoms with Gasteiger partial charge in [0, 0.05) is 11.4 Å². The van der Waals surface area contributed by atoms with Gasteiger partial charge in [0.25, 0.3) is 0 Å². The zero-order valence-corrected chi connectivity index (χ0v) is 15.1. The molecule has 1 heterocycles. The molecule has 0 fully saturated rings. The van der Waals surface area contributed by atoms with Crippen molar-refractivity contribution in [1.82, 2.24) is 0 Å². The van der Waals surface area contributed by atoms with Gasteiger partial charge in [0.1, 0.15) is 5.82 Å². The number of anilines is 1. The number of allylic oxidation sites excluding steroid dienone is 2. The first-order valence-electron chi connectivity index (χ1n) is 6.13. The van der Waals surface area contributed by atoms with Crippen molar-refractivity contribution in [2.24, 2.45) is 4.99 Å². The maximum absolute atomic E-state index is 4.51. The van der Waals surface area contributed by atoms with Gasteiger partial charge in [0.05, 0.1) is 0 Å². The quantitative estimate of drug-likeness (QED) is 0.620. The van der Waals surface area contributed by atoms with Crippen LogP contribution < -0.4 is 4.90 Å². The molecule has 0 saturated carbocycles. The Bertz CT molecular complexity index is 582. The monoisotopic (exact) mass is 423 g/mol. The van der Waals surface area contributed by atoms with E-state index in [4.69, 9.17) is 0 Å². The van der Waals surface area contributed by atoms with Gasteiger partial charge in [0.2, 0.25) is 0 Å². The fourth-order valence-electron chi connectivity index (χ4n) is 2.25. The van der Waals surface area contributed by atoms with Crippen molar-refractivity contribution in [3.63, 3.8) is 0 Å². The Morgan fingerprint density at radius 3 is 2.37 bits per heavy atom. The zero-order valence-electron chi connectivity index (χ0n) is 12.2. The van der Waals surface area contributed by atoms with Crippen LogP contribution in [0.1, 0.15) is 31.9 Å². The summed E-state index contributed by atoms with van der Waals surface area (Å²) in [7, 11) is 0. The second-order valence-corrected chi connectivity index (χ2v) is 4.84. The van der Waals surface area contributed by atoms with E-state index < -0.39 is 0 Å². The van der Waals surface area contributed by atoms with Gasteiger partial charge < -0.3 is 4.90 Å². The van der Waals surface area contributed by atoms with Crippen molar-refractivity contribution in [3.8, 4) is 0 Å². The van der Waals surface area contributed by atoms with Crippen molar-refractivity contribution in [2.45, 2.75) is 34.6 Å². The fraction of sp³-hybridized carbons (Fsp3) is 0.312. The van der Waals surface area contributed by atoms with Crippen molar-refractivity contribution in [1.29, 1.82) is 0 Å². The standard InChI is InChI=1S/C16H19N2.W/c1-10-7-8-16(11(2)9-10)18-14(5)12(3)13(4)17-15(18)6;/h8-9H,6H2,1-5H3;/q-1;+2. The predicted molar refractivity (Wildman–Crippen MR) is 77.9 cm³/mol. The van der Waals surface area contributed by atoms with E-state index in [1.165, 1.54) is 16.8 Å². The normalized spacial score (nSPS) is 15.3. The van der Waals surface area contributed by atoms with Crippen LogP contribution in [0, 0.1) is 19.9 Å². The first-order chi connectivity index (χ1) is 8.41. The van der Waals surface area contributed by atoms with Crippen molar-refractivity contribution in [3.05, 3.63) is 53.0 Å². The molecule has 1 aliphatic rings. The summed E-state index contributed by atoms with van der Waals surface area (Å²) in [5, 5.41) is 0. The van der Waals surface area contributed by atoms with Gasteiger partial charge >= 0.3 is 21.1 Å². The summed E-state index contributed by atoms with van der Waals surface area (Å²) >= 11 is 0. The Balaban J connectivity index is 0.00000180.